The summed E-state index contributed by atoms with van der Waals surface area (Å²) in [5.74, 6) is -0.533. The maximum Gasteiger partial charge on any atom is 0.447 e. The number of carbonyl (C=O) groups excluding carboxylic acids is 1. The summed E-state index contributed by atoms with van der Waals surface area (Å²) in [6.07, 6.45) is 2.36. The van der Waals surface area contributed by atoms with Crippen LogP contribution in [0.5, 0.6) is 0 Å². The van der Waals surface area contributed by atoms with E-state index in [-0.39, 0.29) is 38.7 Å². The molecule has 0 aliphatic heterocycles. The molecule has 0 saturated heterocycles. The molecule has 0 atom stereocenters. The van der Waals surface area contributed by atoms with E-state index >= 15 is 0 Å². The topological polar surface area (TPSA) is 54.9 Å². The van der Waals surface area contributed by atoms with Crippen molar-refractivity contribution in [1.29, 1.82) is 0 Å². The Kier molecular flexibility index (Phi) is 4.97. The molecule has 2 radical (unpaired) electrons. The third kappa shape index (κ3) is 4.64. The fourth-order valence-electron chi connectivity index (χ4n) is 1.43. The maximum atomic E-state index is 12.2. The summed E-state index contributed by atoms with van der Waals surface area (Å²) < 4.78 is 36.5. The molecule has 0 unspecified atom stereocenters. The van der Waals surface area contributed by atoms with Gasteiger partial charge in [-0.05, 0) is 12.1 Å². The van der Waals surface area contributed by atoms with Gasteiger partial charge in [-0.2, -0.15) is 13.2 Å². The van der Waals surface area contributed by atoms with Crippen molar-refractivity contribution in [3.63, 3.8) is 0 Å². The number of hydrogen-bond donors (Lipinski definition) is 1. The van der Waals surface area contributed by atoms with E-state index in [0.717, 1.165) is 12.3 Å². The van der Waals surface area contributed by atoms with Crippen LogP contribution >= 0.6 is 23.4 Å². The molecule has 0 aliphatic rings. The van der Waals surface area contributed by atoms with E-state index in [4.69, 9.17) is 19.4 Å². The Morgan fingerprint density at radius 3 is 2.55 bits per heavy atom. The molecule has 0 spiro atoms. The lowest BCUT2D eigenvalue weighted by Gasteiger charge is -2.08. The lowest BCUT2D eigenvalue weighted by Crippen LogP contribution is -2.16. The van der Waals surface area contributed by atoms with Crippen LogP contribution in [-0.2, 0) is 0 Å². The zero-order chi connectivity index (χ0) is 16.3. The molecule has 1 N–H and O–H groups in total. The zero-order valence-corrected chi connectivity index (χ0v) is 12.3. The van der Waals surface area contributed by atoms with Crippen molar-refractivity contribution in [2.24, 2.45) is 0 Å². The number of rotatable bonds is 3. The van der Waals surface area contributed by atoms with Crippen molar-refractivity contribution in [2.75, 3.05) is 5.32 Å². The lowest BCUT2D eigenvalue weighted by molar-refractivity contribution is -0.0329. The van der Waals surface area contributed by atoms with Gasteiger partial charge in [0, 0.05) is 18.0 Å². The predicted octanol–water partition coefficient (Wildman–Crippen LogP) is 2.79. The predicted molar refractivity (Wildman–Crippen MR) is 78.7 cm³/mol. The molecule has 112 valence electrons. The highest BCUT2D eigenvalue weighted by Gasteiger charge is 2.29. The fraction of sp³-hybridized carbons (Fsp3) is 0.0833. The van der Waals surface area contributed by atoms with E-state index in [1.165, 1.54) is 18.3 Å². The second-order valence-electron chi connectivity index (χ2n) is 3.99. The van der Waals surface area contributed by atoms with Gasteiger partial charge < -0.3 is 5.32 Å². The smallest absolute Gasteiger partial charge is 0.321 e. The van der Waals surface area contributed by atoms with E-state index in [1.54, 1.807) is 0 Å². The number of carbonyl (C=O) groups is 1. The van der Waals surface area contributed by atoms with Crippen LogP contribution < -0.4 is 10.8 Å². The van der Waals surface area contributed by atoms with Crippen molar-refractivity contribution < 1.29 is 18.0 Å². The third-order valence-corrected chi connectivity index (χ3v) is 3.34. The second kappa shape index (κ2) is 6.57. The van der Waals surface area contributed by atoms with E-state index in [9.17, 15) is 18.0 Å². The molecule has 22 heavy (non-hydrogen) atoms. The van der Waals surface area contributed by atoms with Gasteiger partial charge in [0.15, 0.2) is 0 Å². The number of nitrogens with one attached hydrogen (secondary N) is 1. The standard InChI is InChI=1S/C12H6BClF3N3OS/c13-8-3-6(4-19-10(8)14)11(21)20-7-1-2-9(18-5-7)22-12(15,16)17/h1-5H,(H,20,21). The molecule has 0 fully saturated rings. The number of amides is 1. The van der Waals surface area contributed by atoms with E-state index in [2.05, 4.69) is 15.3 Å². The molecule has 2 aromatic rings. The first-order chi connectivity index (χ1) is 10.2. The number of alkyl halides is 3. The first-order valence-corrected chi connectivity index (χ1v) is 6.88. The molecule has 0 aliphatic carbocycles. The van der Waals surface area contributed by atoms with E-state index < -0.39 is 11.4 Å². The van der Waals surface area contributed by atoms with Gasteiger partial charge >= 0.3 is 5.51 Å². The first-order valence-electron chi connectivity index (χ1n) is 5.69. The van der Waals surface area contributed by atoms with Crippen molar-refractivity contribution >= 4 is 48.3 Å². The van der Waals surface area contributed by atoms with Crippen molar-refractivity contribution in [2.45, 2.75) is 10.5 Å². The number of hydrogen-bond acceptors (Lipinski definition) is 4. The first kappa shape index (κ1) is 16.6. The highest BCUT2D eigenvalue weighted by atomic mass is 35.5. The Morgan fingerprint density at radius 2 is 2.00 bits per heavy atom. The molecule has 2 heterocycles. The molecule has 0 aromatic carbocycles. The summed E-state index contributed by atoms with van der Waals surface area (Å²) in [6.45, 7) is 0. The van der Waals surface area contributed by atoms with Gasteiger partial charge in [0.1, 0.15) is 18.0 Å². The normalized spacial score (nSPS) is 11.3. The second-order valence-corrected chi connectivity index (χ2v) is 5.43. The molecule has 0 bridgehead atoms. The summed E-state index contributed by atoms with van der Waals surface area (Å²) in [6, 6.07) is 3.81. The summed E-state index contributed by atoms with van der Waals surface area (Å²) in [7, 11) is 5.53. The molecule has 4 nitrogen and oxygen atoms in total. The van der Waals surface area contributed by atoms with Gasteiger partial charge in [-0.25, -0.2) is 9.97 Å². The van der Waals surface area contributed by atoms with Crippen LogP contribution in [0, 0.1) is 0 Å². The quantitative estimate of drug-likeness (QED) is 0.529. The van der Waals surface area contributed by atoms with Crippen molar-refractivity contribution in [3.8, 4) is 0 Å². The van der Waals surface area contributed by atoms with Gasteiger partial charge in [-0.15, -0.1) is 0 Å². The molecule has 2 aromatic heterocycles. The Labute approximate surface area is 133 Å². The minimum absolute atomic E-state index is 0.0757. The number of nitrogens with zero attached hydrogens (tertiary/aromatic N) is 2. The van der Waals surface area contributed by atoms with Crippen molar-refractivity contribution in [3.05, 3.63) is 41.3 Å². The van der Waals surface area contributed by atoms with Crippen LogP contribution in [0.3, 0.4) is 0 Å². The third-order valence-electron chi connectivity index (χ3n) is 2.34. The highest BCUT2D eigenvalue weighted by molar-refractivity contribution is 8.00. The number of aromatic nitrogens is 2. The van der Waals surface area contributed by atoms with Crippen LogP contribution in [0.4, 0.5) is 18.9 Å². The monoisotopic (exact) mass is 343 g/mol. The number of halogens is 4. The highest BCUT2D eigenvalue weighted by Crippen LogP contribution is 2.35. The van der Waals surface area contributed by atoms with E-state index in [0.29, 0.717) is 0 Å². The fourth-order valence-corrected chi connectivity index (χ4v) is 2.01. The average molecular weight is 344 g/mol. The Bertz CT molecular complexity index is 697. The number of pyridine rings is 2. The summed E-state index contributed by atoms with van der Waals surface area (Å²) >= 11 is 5.31. The average Bonchev–Trinajstić information content (AvgIpc) is 2.42. The van der Waals surface area contributed by atoms with Crippen LogP contribution in [0.1, 0.15) is 10.4 Å². The Balaban J connectivity index is 2.07. The minimum Gasteiger partial charge on any atom is -0.321 e. The Morgan fingerprint density at radius 1 is 1.27 bits per heavy atom. The van der Waals surface area contributed by atoms with Crippen LogP contribution in [0.25, 0.3) is 0 Å². The summed E-state index contributed by atoms with van der Waals surface area (Å²) in [4.78, 5) is 19.3. The maximum absolute atomic E-state index is 12.2. The molecule has 0 saturated carbocycles. The van der Waals surface area contributed by atoms with Gasteiger partial charge in [0.05, 0.1) is 17.4 Å². The van der Waals surface area contributed by atoms with Gasteiger partial charge in [0.25, 0.3) is 5.91 Å². The van der Waals surface area contributed by atoms with E-state index in [1.807, 2.05) is 0 Å². The molecule has 2 rings (SSSR count). The Hall–Kier alpha value is -1.74. The largest absolute Gasteiger partial charge is 0.447 e. The minimum atomic E-state index is -4.41. The summed E-state index contributed by atoms with van der Waals surface area (Å²) in [5, 5.41) is 2.32. The molecular weight excluding hydrogens is 337 g/mol. The number of thioether (sulfide) groups is 1. The number of anilines is 1. The molecule has 1 amide bonds. The summed E-state index contributed by atoms with van der Waals surface area (Å²) in [5.41, 5.74) is -3.87. The van der Waals surface area contributed by atoms with Gasteiger partial charge in [-0.3, -0.25) is 4.79 Å². The zero-order valence-electron chi connectivity index (χ0n) is 10.7. The molecular formula is C12H6BClF3N3OS. The van der Waals surface area contributed by atoms with Crippen molar-refractivity contribution in [1.82, 2.24) is 9.97 Å². The van der Waals surface area contributed by atoms with Gasteiger partial charge in [-0.1, -0.05) is 23.1 Å². The SMILES string of the molecule is [B]c1cc(C(=O)Nc2ccc(SC(F)(F)F)nc2)cnc1Cl. The lowest BCUT2D eigenvalue weighted by atomic mass is 9.97. The molecule has 10 heteroatoms. The van der Waals surface area contributed by atoms with Gasteiger partial charge in [0.2, 0.25) is 0 Å². The van der Waals surface area contributed by atoms with Crippen LogP contribution in [0.2, 0.25) is 5.15 Å². The van der Waals surface area contributed by atoms with Crippen LogP contribution in [-0.4, -0.2) is 29.2 Å². The van der Waals surface area contributed by atoms with Crippen LogP contribution in [0.15, 0.2) is 35.6 Å².